The molecule has 4 aliphatic rings. The van der Waals surface area contributed by atoms with E-state index in [2.05, 4.69) is 53.7 Å². The first kappa shape index (κ1) is 22.0. The van der Waals surface area contributed by atoms with Crippen molar-refractivity contribution in [2.45, 2.75) is 116 Å². The van der Waals surface area contributed by atoms with Crippen molar-refractivity contribution in [1.29, 1.82) is 0 Å². The molecule has 2 N–H and O–H groups in total. The zero-order valence-corrected chi connectivity index (χ0v) is 20.8. The molecule has 5 rings (SSSR count). The second-order valence-corrected chi connectivity index (χ2v) is 13.5. The van der Waals surface area contributed by atoms with Crippen molar-refractivity contribution in [2.75, 3.05) is 6.61 Å². The Morgan fingerprint density at radius 3 is 2.19 bits per heavy atom. The Bertz CT molecular complexity index is 902. The van der Waals surface area contributed by atoms with Crippen molar-refractivity contribution in [2.24, 2.45) is 22.2 Å². The number of fused-ring (bicyclic) bond motifs is 7. The first-order valence-electron chi connectivity index (χ1n) is 12.8. The van der Waals surface area contributed by atoms with Crippen LogP contribution >= 0.6 is 0 Å². The molecule has 0 amide bonds. The Morgan fingerprint density at radius 2 is 1.48 bits per heavy atom. The third-order valence-electron chi connectivity index (χ3n) is 11.6. The zero-order valence-electron chi connectivity index (χ0n) is 20.8. The minimum atomic E-state index is -0.240. The van der Waals surface area contributed by atoms with Gasteiger partial charge in [0.1, 0.15) is 0 Å². The molecule has 0 saturated heterocycles. The number of aliphatic hydroxyl groups is 2. The Hall–Kier alpha value is -0.860. The Labute approximate surface area is 189 Å². The summed E-state index contributed by atoms with van der Waals surface area (Å²) < 4.78 is 0. The van der Waals surface area contributed by atoms with E-state index in [4.69, 9.17) is 0 Å². The molecule has 0 spiro atoms. The third kappa shape index (κ3) is 2.76. The lowest BCUT2D eigenvalue weighted by atomic mass is 9.37. The van der Waals surface area contributed by atoms with Gasteiger partial charge in [0, 0.05) is 12.0 Å². The molecule has 0 aromatic heterocycles. The summed E-state index contributed by atoms with van der Waals surface area (Å²) >= 11 is 0. The Morgan fingerprint density at radius 1 is 0.839 bits per heavy atom. The minimum Gasteiger partial charge on any atom is -0.396 e. The summed E-state index contributed by atoms with van der Waals surface area (Å²) in [5.74, 6) is 0.673. The fourth-order valence-electron chi connectivity index (χ4n) is 8.73. The summed E-state index contributed by atoms with van der Waals surface area (Å²) in [5, 5.41) is 20.9. The summed E-state index contributed by atoms with van der Waals surface area (Å²) in [6, 6.07) is 4.84. The van der Waals surface area contributed by atoms with Gasteiger partial charge in [-0.15, -0.1) is 0 Å². The van der Waals surface area contributed by atoms with Gasteiger partial charge in [-0.1, -0.05) is 53.7 Å². The molecule has 2 nitrogen and oxygen atoms in total. The van der Waals surface area contributed by atoms with Crippen LogP contribution in [-0.2, 0) is 23.7 Å². The van der Waals surface area contributed by atoms with E-state index in [0.29, 0.717) is 17.9 Å². The molecule has 1 aromatic carbocycles. The Kier molecular flexibility index (Phi) is 4.67. The van der Waals surface area contributed by atoms with Gasteiger partial charge in [0.15, 0.2) is 0 Å². The predicted octanol–water partition coefficient (Wildman–Crippen LogP) is 6.08. The molecule has 2 saturated carbocycles. The van der Waals surface area contributed by atoms with Gasteiger partial charge in [0.05, 0.1) is 6.10 Å². The van der Waals surface area contributed by atoms with E-state index >= 15 is 0 Å². The standard InChI is InChI=1S/C29H44O2/c1-25(2)21-8-9-22-20(19(21)7-10-24(25)31)11-12-29(6)23-17-26(3,18-30)13-14-27(23,4)15-16-28(22,29)5/h8-9,23-24,30-31H,7,10-18H2,1-6H3/t23-,24-,26-,27-,28-,29+/m1/s1. The molecule has 31 heavy (non-hydrogen) atoms. The maximum absolute atomic E-state index is 10.7. The lowest BCUT2D eigenvalue weighted by Gasteiger charge is -2.67. The van der Waals surface area contributed by atoms with E-state index in [0.717, 1.165) is 12.8 Å². The second kappa shape index (κ2) is 6.60. The molecule has 172 valence electrons. The molecular weight excluding hydrogens is 380 g/mol. The van der Waals surface area contributed by atoms with Crippen molar-refractivity contribution in [3.8, 4) is 0 Å². The van der Waals surface area contributed by atoms with Gasteiger partial charge >= 0.3 is 0 Å². The van der Waals surface area contributed by atoms with Crippen LogP contribution < -0.4 is 0 Å². The third-order valence-corrected chi connectivity index (χ3v) is 11.6. The maximum atomic E-state index is 10.7. The molecule has 2 fully saturated rings. The van der Waals surface area contributed by atoms with E-state index in [1.807, 2.05) is 0 Å². The van der Waals surface area contributed by atoms with Gasteiger partial charge in [0.25, 0.3) is 0 Å². The van der Waals surface area contributed by atoms with Crippen LogP contribution in [0, 0.1) is 22.2 Å². The summed E-state index contributed by atoms with van der Waals surface area (Å²) in [5.41, 5.74) is 7.03. The fraction of sp³-hybridized carbons (Fsp3) is 0.793. The molecule has 2 heteroatoms. The van der Waals surface area contributed by atoms with Crippen LogP contribution in [0.5, 0.6) is 0 Å². The van der Waals surface area contributed by atoms with Gasteiger partial charge in [0.2, 0.25) is 0 Å². The molecule has 0 aliphatic heterocycles. The number of hydrogen-bond donors (Lipinski definition) is 2. The second-order valence-electron chi connectivity index (χ2n) is 13.5. The van der Waals surface area contributed by atoms with E-state index in [-0.39, 0.29) is 27.8 Å². The largest absolute Gasteiger partial charge is 0.396 e. The maximum Gasteiger partial charge on any atom is 0.0634 e. The summed E-state index contributed by atoms with van der Waals surface area (Å²) in [6.07, 6.45) is 10.3. The van der Waals surface area contributed by atoms with E-state index in [1.54, 1.807) is 16.7 Å². The topological polar surface area (TPSA) is 40.5 Å². The van der Waals surface area contributed by atoms with Crippen LogP contribution in [-0.4, -0.2) is 22.9 Å². The molecule has 0 bridgehead atoms. The molecule has 0 radical (unpaired) electrons. The summed E-state index contributed by atoms with van der Waals surface area (Å²) in [6.45, 7) is 14.8. The monoisotopic (exact) mass is 424 g/mol. The number of benzene rings is 1. The molecular formula is C29H44O2. The highest BCUT2D eigenvalue weighted by molar-refractivity contribution is 5.52. The van der Waals surface area contributed by atoms with Gasteiger partial charge in [-0.05, 0) is 108 Å². The van der Waals surface area contributed by atoms with E-state index < -0.39 is 0 Å². The lowest BCUT2D eigenvalue weighted by molar-refractivity contribution is -0.137. The summed E-state index contributed by atoms with van der Waals surface area (Å²) in [7, 11) is 0. The van der Waals surface area contributed by atoms with Gasteiger partial charge < -0.3 is 10.2 Å². The SMILES string of the molecule is CC1(C)c2ccc3c(c2CC[C@H]1O)CC[C@@]1(C)[C@@H]2C[C@](C)(CO)CC[C@]2(C)CC[C@]31C. The van der Waals surface area contributed by atoms with E-state index in [9.17, 15) is 10.2 Å². The van der Waals surface area contributed by atoms with Crippen LogP contribution in [0.1, 0.15) is 109 Å². The highest BCUT2D eigenvalue weighted by Gasteiger charge is 2.63. The van der Waals surface area contributed by atoms with Crippen molar-refractivity contribution < 1.29 is 10.2 Å². The first-order chi connectivity index (χ1) is 14.4. The van der Waals surface area contributed by atoms with Crippen LogP contribution in [0.25, 0.3) is 0 Å². The van der Waals surface area contributed by atoms with Gasteiger partial charge in [-0.25, -0.2) is 0 Å². The number of hydrogen-bond acceptors (Lipinski definition) is 2. The minimum absolute atomic E-state index is 0.0850. The van der Waals surface area contributed by atoms with Crippen LogP contribution in [0.15, 0.2) is 12.1 Å². The Balaban J connectivity index is 1.62. The zero-order chi connectivity index (χ0) is 22.4. The van der Waals surface area contributed by atoms with Crippen LogP contribution in [0.2, 0.25) is 0 Å². The van der Waals surface area contributed by atoms with Crippen molar-refractivity contribution in [3.63, 3.8) is 0 Å². The van der Waals surface area contributed by atoms with E-state index in [1.165, 1.54) is 50.5 Å². The summed E-state index contributed by atoms with van der Waals surface area (Å²) in [4.78, 5) is 0. The smallest absolute Gasteiger partial charge is 0.0634 e. The van der Waals surface area contributed by atoms with Crippen LogP contribution in [0.3, 0.4) is 0 Å². The van der Waals surface area contributed by atoms with Crippen molar-refractivity contribution >= 4 is 0 Å². The van der Waals surface area contributed by atoms with Gasteiger partial charge in [-0.3, -0.25) is 0 Å². The first-order valence-corrected chi connectivity index (χ1v) is 12.8. The fourth-order valence-corrected chi connectivity index (χ4v) is 8.73. The highest BCUT2D eigenvalue weighted by atomic mass is 16.3. The molecule has 1 aromatic rings. The predicted molar refractivity (Wildman–Crippen MR) is 127 cm³/mol. The molecule has 0 unspecified atom stereocenters. The average molecular weight is 425 g/mol. The lowest BCUT2D eigenvalue weighted by Crippen LogP contribution is -2.61. The van der Waals surface area contributed by atoms with Crippen molar-refractivity contribution in [1.82, 2.24) is 0 Å². The molecule has 6 atom stereocenters. The average Bonchev–Trinajstić information content (AvgIpc) is 2.73. The number of rotatable bonds is 1. The highest BCUT2D eigenvalue weighted by Crippen LogP contribution is 2.70. The normalized spacial score (nSPS) is 45.8. The molecule has 4 aliphatic carbocycles. The number of aliphatic hydroxyl groups excluding tert-OH is 2. The quantitative estimate of drug-likeness (QED) is 0.573. The van der Waals surface area contributed by atoms with Crippen molar-refractivity contribution in [3.05, 3.63) is 34.4 Å². The van der Waals surface area contributed by atoms with Gasteiger partial charge in [-0.2, -0.15) is 0 Å². The van der Waals surface area contributed by atoms with Crippen LogP contribution in [0.4, 0.5) is 0 Å². The molecule has 0 heterocycles.